The van der Waals surface area contributed by atoms with Crippen molar-refractivity contribution in [2.75, 3.05) is 0 Å². The van der Waals surface area contributed by atoms with Crippen LogP contribution in [-0.4, -0.2) is 34.0 Å². The van der Waals surface area contributed by atoms with Gasteiger partial charge in [-0.05, 0) is 39.0 Å². The second-order valence-corrected chi connectivity index (χ2v) is 6.26. The van der Waals surface area contributed by atoms with E-state index in [9.17, 15) is 14.7 Å². The summed E-state index contributed by atoms with van der Waals surface area (Å²) >= 11 is 0. The predicted molar refractivity (Wildman–Crippen MR) is 72.8 cm³/mol. The second kappa shape index (κ2) is 5.51. The van der Waals surface area contributed by atoms with Crippen LogP contribution in [0.3, 0.4) is 0 Å². The number of carboxylic acid groups (broad SMARTS) is 1. The van der Waals surface area contributed by atoms with E-state index in [0.717, 1.165) is 32.1 Å². The van der Waals surface area contributed by atoms with Crippen LogP contribution < -0.4 is 0 Å². The third kappa shape index (κ3) is 2.63. The third-order valence-corrected chi connectivity index (χ3v) is 5.05. The number of likely N-dealkylation sites (tertiary alicyclic amines) is 1. The second-order valence-electron chi connectivity index (χ2n) is 6.26. The number of carboxylic acids is 1. The molecule has 1 saturated carbocycles. The van der Waals surface area contributed by atoms with Gasteiger partial charge in [-0.1, -0.05) is 19.8 Å². The molecule has 1 aliphatic heterocycles. The van der Waals surface area contributed by atoms with Gasteiger partial charge in [0, 0.05) is 18.5 Å². The van der Waals surface area contributed by atoms with Gasteiger partial charge < -0.3 is 10.0 Å². The van der Waals surface area contributed by atoms with Gasteiger partial charge in [0.05, 0.1) is 5.41 Å². The van der Waals surface area contributed by atoms with Gasteiger partial charge in [0.1, 0.15) is 0 Å². The number of hydrogen-bond acceptors (Lipinski definition) is 2. The number of carbonyl (C=O) groups is 2. The Morgan fingerprint density at radius 1 is 1.26 bits per heavy atom. The summed E-state index contributed by atoms with van der Waals surface area (Å²) in [7, 11) is 0. The maximum Gasteiger partial charge on any atom is 0.310 e. The molecule has 4 heteroatoms. The average Bonchev–Trinajstić information content (AvgIpc) is 2.96. The lowest BCUT2D eigenvalue weighted by Gasteiger charge is -2.32. The molecule has 2 aliphatic rings. The first-order valence-corrected chi connectivity index (χ1v) is 7.55. The number of aliphatic carboxylic acids is 1. The van der Waals surface area contributed by atoms with Crippen molar-refractivity contribution in [3.8, 4) is 0 Å². The molecule has 0 spiro atoms. The minimum Gasteiger partial charge on any atom is -0.481 e. The van der Waals surface area contributed by atoms with E-state index in [2.05, 4.69) is 13.8 Å². The Bertz CT molecular complexity index is 360. The molecular weight excluding hydrogens is 242 g/mol. The SMILES string of the molecule is CCC1CCC(C)N1C(=O)CC1(C(=O)O)CCCC1. The summed E-state index contributed by atoms with van der Waals surface area (Å²) in [6.07, 6.45) is 6.46. The highest BCUT2D eigenvalue weighted by atomic mass is 16.4. The number of carbonyl (C=O) groups excluding carboxylic acids is 1. The first-order chi connectivity index (χ1) is 9.00. The van der Waals surface area contributed by atoms with E-state index in [1.165, 1.54) is 0 Å². The Morgan fingerprint density at radius 3 is 2.42 bits per heavy atom. The van der Waals surface area contributed by atoms with E-state index in [1.807, 2.05) is 4.90 Å². The minimum atomic E-state index is -0.780. The molecule has 19 heavy (non-hydrogen) atoms. The van der Waals surface area contributed by atoms with E-state index in [1.54, 1.807) is 0 Å². The van der Waals surface area contributed by atoms with Crippen LogP contribution in [0.25, 0.3) is 0 Å². The molecule has 1 heterocycles. The molecule has 2 unspecified atom stereocenters. The number of amides is 1. The number of nitrogens with zero attached hydrogens (tertiary/aromatic N) is 1. The monoisotopic (exact) mass is 267 g/mol. The maximum atomic E-state index is 12.6. The zero-order chi connectivity index (χ0) is 14.0. The molecule has 0 aromatic carbocycles. The van der Waals surface area contributed by atoms with E-state index in [-0.39, 0.29) is 18.4 Å². The summed E-state index contributed by atoms with van der Waals surface area (Å²) in [5.74, 6) is -0.723. The number of rotatable bonds is 4. The molecule has 0 radical (unpaired) electrons. The van der Waals surface area contributed by atoms with Crippen LogP contribution in [0.2, 0.25) is 0 Å². The smallest absolute Gasteiger partial charge is 0.310 e. The van der Waals surface area contributed by atoms with Crippen molar-refractivity contribution < 1.29 is 14.7 Å². The summed E-state index contributed by atoms with van der Waals surface area (Å²) in [5.41, 5.74) is -0.780. The normalized spacial score (nSPS) is 29.7. The molecule has 1 aliphatic carbocycles. The van der Waals surface area contributed by atoms with Crippen LogP contribution in [0, 0.1) is 5.41 Å². The van der Waals surface area contributed by atoms with Gasteiger partial charge in [0.15, 0.2) is 0 Å². The molecule has 1 saturated heterocycles. The lowest BCUT2D eigenvalue weighted by molar-refractivity contribution is -0.154. The van der Waals surface area contributed by atoms with Crippen molar-refractivity contribution in [3.05, 3.63) is 0 Å². The Hall–Kier alpha value is -1.06. The molecule has 0 bridgehead atoms. The van der Waals surface area contributed by atoms with E-state index in [4.69, 9.17) is 0 Å². The summed E-state index contributed by atoms with van der Waals surface area (Å²) in [6.45, 7) is 4.18. The van der Waals surface area contributed by atoms with Gasteiger partial charge in [-0.15, -0.1) is 0 Å². The van der Waals surface area contributed by atoms with Crippen molar-refractivity contribution in [2.45, 2.75) is 77.3 Å². The Kier molecular flexibility index (Phi) is 4.16. The third-order valence-electron chi connectivity index (χ3n) is 5.05. The zero-order valence-electron chi connectivity index (χ0n) is 12.0. The van der Waals surface area contributed by atoms with Crippen molar-refractivity contribution in [3.63, 3.8) is 0 Å². The summed E-state index contributed by atoms with van der Waals surface area (Å²) in [5, 5.41) is 9.47. The number of hydrogen-bond donors (Lipinski definition) is 1. The minimum absolute atomic E-state index is 0.0566. The van der Waals surface area contributed by atoms with Crippen LogP contribution in [0.15, 0.2) is 0 Å². The first kappa shape index (κ1) is 14.4. The maximum absolute atomic E-state index is 12.6. The molecule has 108 valence electrons. The quantitative estimate of drug-likeness (QED) is 0.852. The molecule has 0 aromatic rings. The highest BCUT2D eigenvalue weighted by molar-refractivity contribution is 5.85. The molecule has 2 rings (SSSR count). The Balaban J connectivity index is 2.09. The van der Waals surface area contributed by atoms with Gasteiger partial charge in [-0.2, -0.15) is 0 Å². The fourth-order valence-corrected chi connectivity index (χ4v) is 3.82. The van der Waals surface area contributed by atoms with Crippen LogP contribution in [-0.2, 0) is 9.59 Å². The van der Waals surface area contributed by atoms with Crippen LogP contribution in [0.1, 0.15) is 65.2 Å². The predicted octanol–water partition coefficient (Wildman–Crippen LogP) is 2.81. The van der Waals surface area contributed by atoms with Crippen molar-refractivity contribution in [1.29, 1.82) is 0 Å². The van der Waals surface area contributed by atoms with Crippen LogP contribution >= 0.6 is 0 Å². The molecule has 4 nitrogen and oxygen atoms in total. The van der Waals surface area contributed by atoms with Crippen LogP contribution in [0.4, 0.5) is 0 Å². The lowest BCUT2D eigenvalue weighted by Crippen LogP contribution is -2.43. The first-order valence-electron chi connectivity index (χ1n) is 7.55. The molecule has 2 fully saturated rings. The highest BCUT2D eigenvalue weighted by Crippen LogP contribution is 2.42. The van der Waals surface area contributed by atoms with E-state index >= 15 is 0 Å². The molecule has 2 atom stereocenters. The highest BCUT2D eigenvalue weighted by Gasteiger charge is 2.45. The summed E-state index contributed by atoms with van der Waals surface area (Å²) in [6, 6.07) is 0.583. The zero-order valence-corrected chi connectivity index (χ0v) is 12.0. The summed E-state index contributed by atoms with van der Waals surface area (Å²) < 4.78 is 0. The van der Waals surface area contributed by atoms with Crippen molar-refractivity contribution in [2.24, 2.45) is 5.41 Å². The molecule has 1 N–H and O–H groups in total. The van der Waals surface area contributed by atoms with E-state index in [0.29, 0.717) is 18.9 Å². The Morgan fingerprint density at radius 2 is 1.89 bits per heavy atom. The topological polar surface area (TPSA) is 57.6 Å². The van der Waals surface area contributed by atoms with Crippen molar-refractivity contribution in [1.82, 2.24) is 4.90 Å². The summed E-state index contributed by atoms with van der Waals surface area (Å²) in [4.78, 5) is 26.1. The molecule has 1 amide bonds. The van der Waals surface area contributed by atoms with Gasteiger partial charge in [-0.25, -0.2) is 0 Å². The Labute approximate surface area is 115 Å². The average molecular weight is 267 g/mol. The fourth-order valence-electron chi connectivity index (χ4n) is 3.82. The fraction of sp³-hybridized carbons (Fsp3) is 0.867. The van der Waals surface area contributed by atoms with Gasteiger partial charge >= 0.3 is 5.97 Å². The molecular formula is C15H25NO3. The molecule has 0 aromatic heterocycles. The van der Waals surface area contributed by atoms with Crippen LogP contribution in [0.5, 0.6) is 0 Å². The van der Waals surface area contributed by atoms with Gasteiger partial charge in [-0.3, -0.25) is 9.59 Å². The standard InChI is InChI=1S/C15H25NO3/c1-3-12-7-6-11(2)16(12)13(17)10-15(14(18)19)8-4-5-9-15/h11-12H,3-10H2,1-2H3,(H,18,19). The van der Waals surface area contributed by atoms with Gasteiger partial charge in [0.2, 0.25) is 5.91 Å². The van der Waals surface area contributed by atoms with E-state index < -0.39 is 11.4 Å². The largest absolute Gasteiger partial charge is 0.481 e. The van der Waals surface area contributed by atoms with Crippen molar-refractivity contribution >= 4 is 11.9 Å². The van der Waals surface area contributed by atoms with Gasteiger partial charge in [0.25, 0.3) is 0 Å². The lowest BCUT2D eigenvalue weighted by atomic mass is 9.82.